The Morgan fingerprint density at radius 3 is 2.33 bits per heavy atom. The molecular formula is C16H29NO. The number of ether oxygens (including phenoxy) is 1. The van der Waals surface area contributed by atoms with Crippen LogP contribution in [0.3, 0.4) is 0 Å². The summed E-state index contributed by atoms with van der Waals surface area (Å²) in [6, 6.07) is 1.53. The summed E-state index contributed by atoms with van der Waals surface area (Å²) < 4.78 is 5.59. The van der Waals surface area contributed by atoms with Gasteiger partial charge >= 0.3 is 0 Å². The summed E-state index contributed by atoms with van der Waals surface area (Å²) in [5, 5.41) is 0. The first-order valence-electron chi connectivity index (χ1n) is 8.09. The Hall–Kier alpha value is -0.0800. The average Bonchev–Trinajstić information content (AvgIpc) is 2.26. The molecule has 0 aromatic heterocycles. The number of hydrogen-bond donors (Lipinski definition) is 0. The van der Waals surface area contributed by atoms with Crippen molar-refractivity contribution >= 4 is 0 Å². The van der Waals surface area contributed by atoms with E-state index in [9.17, 15) is 0 Å². The van der Waals surface area contributed by atoms with Crippen molar-refractivity contribution in [2.45, 2.75) is 82.8 Å². The van der Waals surface area contributed by atoms with E-state index in [0.29, 0.717) is 11.6 Å². The smallest absolute Gasteiger partial charge is 0.0683 e. The molecular weight excluding hydrogens is 222 g/mol. The minimum absolute atomic E-state index is 0.425. The third-order valence-electron chi connectivity index (χ3n) is 5.55. The van der Waals surface area contributed by atoms with Gasteiger partial charge < -0.3 is 4.74 Å². The largest absolute Gasteiger partial charge is 0.377 e. The second-order valence-electron chi connectivity index (χ2n) is 7.08. The quantitative estimate of drug-likeness (QED) is 0.706. The van der Waals surface area contributed by atoms with Crippen LogP contribution < -0.4 is 0 Å². The van der Waals surface area contributed by atoms with Crippen molar-refractivity contribution in [2.75, 3.05) is 13.2 Å². The van der Waals surface area contributed by atoms with Gasteiger partial charge in [-0.2, -0.15) is 0 Å². The van der Waals surface area contributed by atoms with Crippen LogP contribution in [0.5, 0.6) is 0 Å². The van der Waals surface area contributed by atoms with Gasteiger partial charge in [0.25, 0.3) is 0 Å². The fourth-order valence-corrected chi connectivity index (χ4v) is 4.74. The van der Waals surface area contributed by atoms with E-state index in [1.807, 2.05) is 0 Å². The van der Waals surface area contributed by atoms with E-state index in [2.05, 4.69) is 18.7 Å². The lowest BCUT2D eigenvalue weighted by molar-refractivity contribution is -0.195. The van der Waals surface area contributed by atoms with Gasteiger partial charge in [0.15, 0.2) is 0 Å². The van der Waals surface area contributed by atoms with Crippen molar-refractivity contribution in [1.29, 1.82) is 0 Å². The van der Waals surface area contributed by atoms with Crippen LogP contribution in [-0.4, -0.2) is 35.7 Å². The summed E-state index contributed by atoms with van der Waals surface area (Å²) >= 11 is 0. The molecule has 2 aliphatic heterocycles. The van der Waals surface area contributed by atoms with Crippen LogP contribution in [0.15, 0.2) is 0 Å². The fourth-order valence-electron chi connectivity index (χ4n) is 4.74. The van der Waals surface area contributed by atoms with Crippen molar-refractivity contribution in [2.24, 2.45) is 5.92 Å². The maximum absolute atomic E-state index is 5.59. The first-order valence-corrected chi connectivity index (χ1v) is 8.09. The SMILES string of the molecule is CC(C)N1C2CCCCCCC2CCC12COC2. The minimum atomic E-state index is 0.425. The molecule has 2 unspecified atom stereocenters. The van der Waals surface area contributed by atoms with Gasteiger partial charge in [0.2, 0.25) is 0 Å². The van der Waals surface area contributed by atoms with Gasteiger partial charge in [0.05, 0.1) is 18.8 Å². The molecule has 1 aliphatic carbocycles. The highest BCUT2D eigenvalue weighted by Gasteiger charge is 2.52. The molecule has 0 radical (unpaired) electrons. The average molecular weight is 251 g/mol. The second-order valence-corrected chi connectivity index (χ2v) is 7.08. The van der Waals surface area contributed by atoms with Crippen molar-refractivity contribution < 1.29 is 4.74 Å². The Bertz CT molecular complexity index is 285. The molecule has 2 heteroatoms. The first kappa shape index (κ1) is 12.9. The van der Waals surface area contributed by atoms with E-state index in [0.717, 1.165) is 25.2 Å². The normalized spacial score (nSPS) is 36.8. The van der Waals surface area contributed by atoms with E-state index < -0.39 is 0 Å². The van der Waals surface area contributed by atoms with Crippen LogP contribution in [-0.2, 0) is 4.74 Å². The second kappa shape index (κ2) is 5.13. The molecule has 0 aromatic carbocycles. The van der Waals surface area contributed by atoms with Crippen LogP contribution in [0.25, 0.3) is 0 Å². The number of hydrogen-bond acceptors (Lipinski definition) is 2. The van der Waals surface area contributed by atoms with Gasteiger partial charge in [0.1, 0.15) is 0 Å². The lowest BCUT2D eigenvalue weighted by atomic mass is 9.71. The predicted molar refractivity (Wildman–Crippen MR) is 74.7 cm³/mol. The van der Waals surface area contributed by atoms with E-state index in [1.165, 1.54) is 51.4 Å². The van der Waals surface area contributed by atoms with Gasteiger partial charge in [-0.3, -0.25) is 4.90 Å². The van der Waals surface area contributed by atoms with E-state index >= 15 is 0 Å². The molecule has 3 rings (SSSR count). The lowest BCUT2D eigenvalue weighted by Gasteiger charge is -2.60. The van der Waals surface area contributed by atoms with Crippen LogP contribution in [0, 0.1) is 5.92 Å². The zero-order valence-electron chi connectivity index (χ0n) is 12.2. The molecule has 0 amide bonds. The Balaban J connectivity index is 1.81. The zero-order valence-corrected chi connectivity index (χ0v) is 12.2. The maximum Gasteiger partial charge on any atom is 0.0683 e. The lowest BCUT2D eigenvalue weighted by Crippen LogP contribution is -2.70. The fraction of sp³-hybridized carbons (Fsp3) is 1.00. The number of nitrogens with zero attached hydrogens (tertiary/aromatic N) is 1. The molecule has 0 N–H and O–H groups in total. The molecule has 2 nitrogen and oxygen atoms in total. The molecule has 2 saturated heterocycles. The van der Waals surface area contributed by atoms with Gasteiger partial charge in [-0.25, -0.2) is 0 Å². The Morgan fingerprint density at radius 2 is 1.72 bits per heavy atom. The maximum atomic E-state index is 5.59. The summed E-state index contributed by atoms with van der Waals surface area (Å²) in [5.41, 5.74) is 0.425. The van der Waals surface area contributed by atoms with Crippen molar-refractivity contribution in [3.63, 3.8) is 0 Å². The Kier molecular flexibility index (Phi) is 3.68. The molecule has 0 bridgehead atoms. The van der Waals surface area contributed by atoms with Gasteiger partial charge in [-0.1, -0.05) is 25.7 Å². The molecule has 3 aliphatic rings. The highest BCUT2D eigenvalue weighted by atomic mass is 16.5. The number of piperidine rings is 1. The highest BCUT2D eigenvalue weighted by Crippen LogP contribution is 2.45. The van der Waals surface area contributed by atoms with Crippen molar-refractivity contribution in [3.05, 3.63) is 0 Å². The van der Waals surface area contributed by atoms with Gasteiger partial charge in [0, 0.05) is 12.1 Å². The monoisotopic (exact) mass is 251 g/mol. The van der Waals surface area contributed by atoms with Gasteiger partial charge in [-0.15, -0.1) is 0 Å². The summed E-state index contributed by atoms with van der Waals surface area (Å²) in [6.07, 6.45) is 11.6. The third kappa shape index (κ3) is 2.12. The Morgan fingerprint density at radius 1 is 1.00 bits per heavy atom. The molecule has 0 aromatic rings. The zero-order chi connectivity index (χ0) is 12.6. The predicted octanol–water partition coefficient (Wildman–Crippen LogP) is 3.60. The van der Waals surface area contributed by atoms with Crippen LogP contribution in [0.1, 0.15) is 65.2 Å². The minimum Gasteiger partial charge on any atom is -0.377 e. The number of likely N-dealkylation sites (tertiary alicyclic amines) is 1. The summed E-state index contributed by atoms with van der Waals surface area (Å²) in [4.78, 5) is 2.87. The van der Waals surface area contributed by atoms with Crippen molar-refractivity contribution in [1.82, 2.24) is 4.90 Å². The third-order valence-corrected chi connectivity index (χ3v) is 5.55. The Labute approximate surface area is 112 Å². The summed E-state index contributed by atoms with van der Waals surface area (Å²) in [7, 11) is 0. The molecule has 1 spiro atoms. The van der Waals surface area contributed by atoms with E-state index in [4.69, 9.17) is 4.74 Å². The number of rotatable bonds is 1. The molecule has 104 valence electrons. The van der Waals surface area contributed by atoms with E-state index in [-0.39, 0.29) is 0 Å². The van der Waals surface area contributed by atoms with E-state index in [1.54, 1.807) is 0 Å². The van der Waals surface area contributed by atoms with Crippen LogP contribution in [0.4, 0.5) is 0 Å². The molecule has 2 heterocycles. The summed E-state index contributed by atoms with van der Waals surface area (Å²) in [5.74, 6) is 0.971. The molecule has 1 saturated carbocycles. The number of fused-ring (bicyclic) bond motifs is 1. The summed E-state index contributed by atoms with van der Waals surface area (Å²) in [6.45, 7) is 6.77. The molecule has 3 fully saturated rings. The first-order chi connectivity index (χ1) is 8.73. The topological polar surface area (TPSA) is 12.5 Å². The van der Waals surface area contributed by atoms with Crippen LogP contribution in [0.2, 0.25) is 0 Å². The van der Waals surface area contributed by atoms with Crippen molar-refractivity contribution in [3.8, 4) is 0 Å². The van der Waals surface area contributed by atoms with Gasteiger partial charge in [-0.05, 0) is 45.4 Å². The molecule has 18 heavy (non-hydrogen) atoms. The van der Waals surface area contributed by atoms with Crippen LogP contribution >= 0.6 is 0 Å². The molecule has 2 atom stereocenters. The standard InChI is InChI=1S/C16H29NO/c1-13(2)17-15-8-6-4-3-5-7-14(15)9-10-16(17)11-18-12-16/h13-15H,3-12H2,1-2H3. The highest BCUT2D eigenvalue weighted by molar-refractivity contribution is 5.05.